The quantitative estimate of drug-likeness (QED) is 0.246. The number of unbranched alkanes of at least 4 members (excludes halogenated alkanes) is 8. The standard InChI is InChI=1S/C28H47N5O2/c1-23(2)16-15-17-24(3)18-20-29-19-13-11-9-7-6-8-10-12-14-21-33-27(34)25-26(30-22-31(25)4)32(5)28(33)35/h16,18,22,29H,6-15,17,19-21H2,1-5H3. The van der Waals surface area contributed by atoms with Crippen LogP contribution in [0.5, 0.6) is 0 Å². The average Bonchev–Trinajstić information content (AvgIpc) is 3.21. The summed E-state index contributed by atoms with van der Waals surface area (Å²) in [7, 11) is 3.46. The third-order valence-corrected chi connectivity index (χ3v) is 6.62. The van der Waals surface area contributed by atoms with Gasteiger partial charge in [0.2, 0.25) is 0 Å². The highest BCUT2D eigenvalue weighted by atomic mass is 16.2. The van der Waals surface area contributed by atoms with Crippen molar-refractivity contribution in [1.29, 1.82) is 0 Å². The van der Waals surface area contributed by atoms with E-state index in [0.717, 1.165) is 45.2 Å². The van der Waals surface area contributed by atoms with E-state index in [1.54, 1.807) is 25.0 Å². The highest BCUT2D eigenvalue weighted by molar-refractivity contribution is 5.69. The highest BCUT2D eigenvalue weighted by Crippen LogP contribution is 2.10. The molecule has 7 heteroatoms. The summed E-state index contributed by atoms with van der Waals surface area (Å²) < 4.78 is 4.52. The van der Waals surface area contributed by atoms with Crippen LogP contribution in [0, 0.1) is 0 Å². The Morgan fingerprint density at radius 3 is 2.20 bits per heavy atom. The normalized spacial score (nSPS) is 12.0. The highest BCUT2D eigenvalue weighted by Gasteiger charge is 2.14. The van der Waals surface area contributed by atoms with Gasteiger partial charge in [-0.05, 0) is 53.0 Å². The van der Waals surface area contributed by atoms with Gasteiger partial charge in [0, 0.05) is 27.2 Å². The van der Waals surface area contributed by atoms with Crippen molar-refractivity contribution >= 4 is 11.2 Å². The third-order valence-electron chi connectivity index (χ3n) is 6.62. The number of fused-ring (bicyclic) bond motifs is 1. The summed E-state index contributed by atoms with van der Waals surface area (Å²) in [6, 6.07) is 0. The molecule has 0 fully saturated rings. The smallest absolute Gasteiger partial charge is 0.328 e. The van der Waals surface area contributed by atoms with Gasteiger partial charge in [0.1, 0.15) is 0 Å². The largest absolute Gasteiger partial charge is 0.332 e. The monoisotopic (exact) mass is 485 g/mol. The van der Waals surface area contributed by atoms with Crippen LogP contribution in [-0.2, 0) is 20.6 Å². The molecule has 0 atom stereocenters. The second-order valence-corrected chi connectivity index (χ2v) is 10.1. The molecule has 0 bridgehead atoms. The van der Waals surface area contributed by atoms with Crippen LogP contribution in [0.1, 0.15) is 91.4 Å². The summed E-state index contributed by atoms with van der Waals surface area (Å²) in [5.41, 5.74) is 3.30. The molecule has 0 aliphatic carbocycles. The van der Waals surface area contributed by atoms with Crippen LogP contribution in [0.15, 0.2) is 39.2 Å². The molecule has 0 saturated heterocycles. The molecule has 2 heterocycles. The van der Waals surface area contributed by atoms with Gasteiger partial charge in [-0.3, -0.25) is 13.9 Å². The minimum Gasteiger partial charge on any atom is -0.328 e. The van der Waals surface area contributed by atoms with Crippen molar-refractivity contribution in [2.24, 2.45) is 14.1 Å². The molecule has 0 aliphatic heterocycles. The summed E-state index contributed by atoms with van der Waals surface area (Å²) in [6.07, 6.45) is 19.2. The van der Waals surface area contributed by atoms with Gasteiger partial charge in [-0.15, -0.1) is 0 Å². The van der Waals surface area contributed by atoms with Crippen molar-refractivity contribution in [3.63, 3.8) is 0 Å². The van der Waals surface area contributed by atoms with E-state index >= 15 is 0 Å². The molecule has 0 spiro atoms. The summed E-state index contributed by atoms with van der Waals surface area (Å²) in [6.45, 7) is 9.09. The molecule has 0 unspecified atom stereocenters. The van der Waals surface area contributed by atoms with Gasteiger partial charge in [-0.1, -0.05) is 68.2 Å². The van der Waals surface area contributed by atoms with Crippen molar-refractivity contribution in [3.8, 4) is 0 Å². The maximum atomic E-state index is 12.7. The molecule has 196 valence electrons. The van der Waals surface area contributed by atoms with Crippen LogP contribution in [0.2, 0.25) is 0 Å². The lowest BCUT2D eigenvalue weighted by atomic mass is 10.1. The maximum absolute atomic E-state index is 12.7. The Morgan fingerprint density at radius 1 is 0.914 bits per heavy atom. The molecule has 0 radical (unpaired) electrons. The van der Waals surface area contributed by atoms with Crippen LogP contribution >= 0.6 is 0 Å². The van der Waals surface area contributed by atoms with E-state index in [0.29, 0.717) is 17.7 Å². The van der Waals surface area contributed by atoms with Gasteiger partial charge < -0.3 is 9.88 Å². The second-order valence-electron chi connectivity index (χ2n) is 10.1. The lowest BCUT2D eigenvalue weighted by molar-refractivity contribution is 0.514. The average molecular weight is 486 g/mol. The number of hydrogen-bond donors (Lipinski definition) is 1. The minimum atomic E-state index is -0.277. The Bertz CT molecular complexity index is 1080. The zero-order chi connectivity index (χ0) is 25.6. The van der Waals surface area contributed by atoms with Crippen molar-refractivity contribution < 1.29 is 0 Å². The van der Waals surface area contributed by atoms with Gasteiger partial charge in [-0.2, -0.15) is 0 Å². The summed E-state index contributed by atoms with van der Waals surface area (Å²) in [5, 5.41) is 3.53. The topological polar surface area (TPSA) is 73.8 Å². The van der Waals surface area contributed by atoms with Crippen molar-refractivity contribution in [2.45, 2.75) is 97.9 Å². The first-order chi connectivity index (χ1) is 16.8. The number of aryl methyl sites for hydroxylation is 2. The summed E-state index contributed by atoms with van der Waals surface area (Å²) in [4.78, 5) is 29.4. The first kappa shape index (κ1) is 28.8. The van der Waals surface area contributed by atoms with Crippen LogP contribution in [-0.4, -0.2) is 31.8 Å². The van der Waals surface area contributed by atoms with E-state index in [4.69, 9.17) is 0 Å². The van der Waals surface area contributed by atoms with Crippen LogP contribution in [0.25, 0.3) is 11.2 Å². The Morgan fingerprint density at radius 2 is 1.54 bits per heavy atom. The maximum Gasteiger partial charge on any atom is 0.332 e. The number of rotatable bonds is 17. The van der Waals surface area contributed by atoms with Gasteiger partial charge in [0.15, 0.2) is 11.2 Å². The molecule has 0 aliphatic rings. The fourth-order valence-corrected chi connectivity index (χ4v) is 4.39. The summed E-state index contributed by atoms with van der Waals surface area (Å²) >= 11 is 0. The second kappa shape index (κ2) is 15.6. The number of aromatic nitrogens is 4. The lowest BCUT2D eigenvalue weighted by Crippen LogP contribution is -2.39. The van der Waals surface area contributed by atoms with Crippen molar-refractivity contribution in [2.75, 3.05) is 13.1 Å². The van der Waals surface area contributed by atoms with Crippen LogP contribution in [0.4, 0.5) is 0 Å². The van der Waals surface area contributed by atoms with Gasteiger partial charge in [0.25, 0.3) is 5.56 Å². The van der Waals surface area contributed by atoms with Gasteiger partial charge >= 0.3 is 5.69 Å². The Labute approximate surface area is 210 Å². The van der Waals surface area contributed by atoms with Crippen molar-refractivity contribution in [1.82, 2.24) is 24.0 Å². The lowest BCUT2D eigenvalue weighted by Gasteiger charge is -2.08. The van der Waals surface area contributed by atoms with E-state index in [1.165, 1.54) is 58.8 Å². The molecular weight excluding hydrogens is 438 g/mol. The first-order valence-corrected chi connectivity index (χ1v) is 13.4. The fraction of sp³-hybridized carbons (Fsp3) is 0.679. The molecule has 0 amide bonds. The fourth-order valence-electron chi connectivity index (χ4n) is 4.39. The molecule has 35 heavy (non-hydrogen) atoms. The van der Waals surface area contributed by atoms with Gasteiger partial charge in [-0.25, -0.2) is 9.78 Å². The predicted octanol–water partition coefficient (Wildman–Crippen LogP) is 5.23. The molecule has 1 N–H and O–H groups in total. The number of nitrogens with one attached hydrogen (secondary N) is 1. The number of hydrogen-bond acceptors (Lipinski definition) is 4. The first-order valence-electron chi connectivity index (χ1n) is 13.4. The molecule has 7 nitrogen and oxygen atoms in total. The molecular formula is C28H47N5O2. The van der Waals surface area contributed by atoms with E-state index in [1.807, 2.05) is 0 Å². The number of imidazole rings is 1. The zero-order valence-corrected chi connectivity index (χ0v) is 22.7. The van der Waals surface area contributed by atoms with Crippen LogP contribution < -0.4 is 16.6 Å². The Hall–Kier alpha value is -2.41. The molecule has 2 rings (SSSR count). The minimum absolute atomic E-state index is 0.233. The predicted molar refractivity (Wildman–Crippen MR) is 147 cm³/mol. The summed E-state index contributed by atoms with van der Waals surface area (Å²) in [5.74, 6) is 0. The Kier molecular flexibility index (Phi) is 12.8. The van der Waals surface area contributed by atoms with E-state index in [9.17, 15) is 9.59 Å². The number of nitrogens with zero attached hydrogens (tertiary/aromatic N) is 4. The molecule has 2 aromatic rings. The van der Waals surface area contributed by atoms with Gasteiger partial charge in [0.05, 0.1) is 6.33 Å². The number of allylic oxidation sites excluding steroid dienone is 3. The SMILES string of the molecule is CC(C)=CCCC(C)=CCNCCCCCCCCCCCn1c(=O)c2c(ncn2C)n(C)c1=O. The Balaban J connectivity index is 1.49. The van der Waals surface area contributed by atoms with E-state index in [2.05, 4.69) is 43.2 Å². The molecule has 0 saturated carbocycles. The third kappa shape index (κ3) is 9.63. The zero-order valence-electron chi connectivity index (χ0n) is 22.7. The van der Waals surface area contributed by atoms with Crippen LogP contribution in [0.3, 0.4) is 0 Å². The van der Waals surface area contributed by atoms with E-state index < -0.39 is 0 Å². The molecule has 0 aromatic carbocycles. The van der Waals surface area contributed by atoms with Crippen molar-refractivity contribution in [3.05, 3.63) is 50.5 Å². The van der Waals surface area contributed by atoms with E-state index in [-0.39, 0.29) is 11.2 Å². The molecule has 2 aromatic heterocycles.